The van der Waals surface area contributed by atoms with Crippen LogP contribution in [0, 0.1) is 0 Å². The molecule has 0 unspecified atom stereocenters. The van der Waals surface area contributed by atoms with Gasteiger partial charge in [-0.05, 0) is 23.6 Å². The predicted octanol–water partition coefficient (Wildman–Crippen LogP) is 4.45. The van der Waals surface area contributed by atoms with E-state index in [1.54, 1.807) is 17.4 Å². The number of rotatable bonds is 6. The minimum Gasteiger partial charge on any atom is -0.420 e. The molecule has 126 valence electrons. The van der Waals surface area contributed by atoms with Crippen LogP contribution in [-0.4, -0.2) is 25.4 Å². The Morgan fingerprint density at radius 3 is 2.92 bits per heavy atom. The number of aromatic amines is 1. The van der Waals surface area contributed by atoms with Gasteiger partial charge < -0.3 is 4.42 Å². The first kappa shape index (κ1) is 16.3. The summed E-state index contributed by atoms with van der Waals surface area (Å²) >= 11 is 9.29. The summed E-state index contributed by atoms with van der Waals surface area (Å²) in [6, 6.07) is 11.5. The topological polar surface area (TPSA) is 80.5 Å². The SMILES string of the molecule is Clc1ccccc1-c1nnc(CSc2n[nH]c(Cc3cccs3)n2)o1. The molecule has 0 amide bonds. The van der Waals surface area contributed by atoms with E-state index in [9.17, 15) is 0 Å². The van der Waals surface area contributed by atoms with Crippen LogP contribution < -0.4 is 0 Å². The van der Waals surface area contributed by atoms with Gasteiger partial charge in [-0.2, -0.15) is 0 Å². The fourth-order valence-electron chi connectivity index (χ4n) is 2.18. The van der Waals surface area contributed by atoms with Crippen molar-refractivity contribution >= 4 is 34.7 Å². The van der Waals surface area contributed by atoms with Gasteiger partial charge in [-0.3, -0.25) is 5.10 Å². The van der Waals surface area contributed by atoms with Crippen LogP contribution in [0.4, 0.5) is 0 Å². The third-order valence-corrected chi connectivity index (χ3v) is 5.37. The summed E-state index contributed by atoms with van der Waals surface area (Å²) in [4.78, 5) is 5.72. The second-order valence-corrected chi connectivity index (χ2v) is 7.47. The molecular formula is C16H12ClN5OS2. The van der Waals surface area contributed by atoms with Crippen LogP contribution in [0.5, 0.6) is 0 Å². The molecule has 0 aliphatic rings. The number of nitrogens with zero attached hydrogens (tertiary/aromatic N) is 4. The lowest BCUT2D eigenvalue weighted by molar-refractivity contribution is 0.528. The molecule has 0 saturated heterocycles. The van der Waals surface area contributed by atoms with Gasteiger partial charge in [0.25, 0.3) is 0 Å². The van der Waals surface area contributed by atoms with E-state index in [4.69, 9.17) is 16.0 Å². The van der Waals surface area contributed by atoms with E-state index in [1.807, 2.05) is 29.6 Å². The lowest BCUT2D eigenvalue weighted by Crippen LogP contribution is -1.87. The van der Waals surface area contributed by atoms with Crippen LogP contribution in [0.3, 0.4) is 0 Å². The quantitative estimate of drug-likeness (QED) is 0.490. The molecule has 0 radical (unpaired) electrons. The van der Waals surface area contributed by atoms with E-state index >= 15 is 0 Å². The first-order valence-corrected chi connectivity index (χ1v) is 9.66. The Bertz CT molecular complexity index is 967. The van der Waals surface area contributed by atoms with Crippen molar-refractivity contribution in [3.63, 3.8) is 0 Å². The van der Waals surface area contributed by atoms with Gasteiger partial charge in [0.15, 0.2) is 0 Å². The second-order valence-electron chi connectivity index (χ2n) is 5.09. The third kappa shape index (κ3) is 3.92. The summed E-state index contributed by atoms with van der Waals surface area (Å²) in [6.07, 6.45) is 0.752. The number of hydrogen-bond donors (Lipinski definition) is 1. The molecule has 0 saturated carbocycles. The molecule has 0 aliphatic heterocycles. The van der Waals surface area contributed by atoms with E-state index in [-0.39, 0.29) is 0 Å². The summed E-state index contributed by atoms with van der Waals surface area (Å²) in [5.41, 5.74) is 0.726. The molecule has 1 N–H and O–H groups in total. The Kier molecular flexibility index (Phi) is 4.82. The Balaban J connectivity index is 1.39. The van der Waals surface area contributed by atoms with E-state index < -0.39 is 0 Å². The largest absolute Gasteiger partial charge is 0.420 e. The number of thioether (sulfide) groups is 1. The van der Waals surface area contributed by atoms with E-state index in [0.29, 0.717) is 27.7 Å². The molecule has 0 fully saturated rings. The zero-order valence-electron chi connectivity index (χ0n) is 12.8. The van der Waals surface area contributed by atoms with Crippen LogP contribution in [0.25, 0.3) is 11.5 Å². The first-order chi connectivity index (χ1) is 12.3. The summed E-state index contributed by atoms with van der Waals surface area (Å²) in [7, 11) is 0. The average molecular weight is 390 g/mol. The fourth-order valence-corrected chi connectivity index (χ4v) is 3.76. The lowest BCUT2D eigenvalue weighted by atomic mass is 10.2. The van der Waals surface area contributed by atoms with Crippen molar-refractivity contribution in [2.45, 2.75) is 17.3 Å². The van der Waals surface area contributed by atoms with E-state index in [2.05, 4.69) is 31.4 Å². The molecule has 4 rings (SSSR count). The van der Waals surface area contributed by atoms with Crippen LogP contribution >= 0.6 is 34.7 Å². The molecule has 3 aromatic heterocycles. The molecule has 3 heterocycles. The van der Waals surface area contributed by atoms with Gasteiger partial charge in [0, 0.05) is 11.3 Å². The standard InChI is InChI=1S/C16H12ClN5OS2/c17-12-6-2-1-5-11(12)15-21-20-14(23-15)9-25-16-18-13(19-22-16)8-10-4-3-7-24-10/h1-7H,8-9H2,(H,18,19,22). The van der Waals surface area contributed by atoms with Gasteiger partial charge in [-0.25, -0.2) is 4.98 Å². The maximum Gasteiger partial charge on any atom is 0.249 e. The lowest BCUT2D eigenvalue weighted by Gasteiger charge is -1.96. The number of thiophene rings is 1. The van der Waals surface area contributed by atoms with Crippen molar-refractivity contribution in [2.75, 3.05) is 0 Å². The van der Waals surface area contributed by atoms with Crippen molar-refractivity contribution in [1.82, 2.24) is 25.4 Å². The number of halogens is 1. The average Bonchev–Trinajstić information content (AvgIpc) is 3.36. The van der Waals surface area contributed by atoms with E-state index in [0.717, 1.165) is 17.8 Å². The van der Waals surface area contributed by atoms with Crippen molar-refractivity contribution in [3.8, 4) is 11.5 Å². The van der Waals surface area contributed by atoms with Gasteiger partial charge >= 0.3 is 0 Å². The molecular weight excluding hydrogens is 378 g/mol. The molecule has 25 heavy (non-hydrogen) atoms. The highest BCUT2D eigenvalue weighted by atomic mass is 35.5. The monoisotopic (exact) mass is 389 g/mol. The van der Waals surface area contributed by atoms with Crippen molar-refractivity contribution < 1.29 is 4.42 Å². The van der Waals surface area contributed by atoms with Crippen molar-refractivity contribution in [3.05, 3.63) is 63.4 Å². The molecule has 0 bridgehead atoms. The highest BCUT2D eigenvalue weighted by Crippen LogP contribution is 2.27. The second kappa shape index (κ2) is 7.38. The van der Waals surface area contributed by atoms with E-state index in [1.165, 1.54) is 16.6 Å². The van der Waals surface area contributed by atoms with Gasteiger partial charge in [-0.15, -0.1) is 26.6 Å². The van der Waals surface area contributed by atoms with Crippen LogP contribution in [0.15, 0.2) is 51.4 Å². The van der Waals surface area contributed by atoms with Gasteiger partial charge in [-0.1, -0.05) is 41.6 Å². The van der Waals surface area contributed by atoms with Gasteiger partial charge in [0.2, 0.25) is 16.9 Å². The van der Waals surface area contributed by atoms with Gasteiger partial charge in [0.05, 0.1) is 16.3 Å². The summed E-state index contributed by atoms with van der Waals surface area (Å²) in [5, 5.41) is 18.6. The number of benzene rings is 1. The van der Waals surface area contributed by atoms with Crippen LogP contribution in [0.1, 0.15) is 16.6 Å². The number of hydrogen-bond acceptors (Lipinski definition) is 7. The molecule has 0 atom stereocenters. The summed E-state index contributed by atoms with van der Waals surface area (Å²) in [6.45, 7) is 0. The molecule has 1 aromatic carbocycles. The molecule has 0 aliphatic carbocycles. The van der Waals surface area contributed by atoms with Gasteiger partial charge in [0.1, 0.15) is 5.82 Å². The summed E-state index contributed by atoms with van der Waals surface area (Å²) < 4.78 is 5.67. The predicted molar refractivity (Wildman–Crippen MR) is 97.8 cm³/mol. The highest BCUT2D eigenvalue weighted by Gasteiger charge is 2.13. The Morgan fingerprint density at radius 2 is 2.08 bits per heavy atom. The number of H-pyrrole nitrogens is 1. The maximum absolute atomic E-state index is 6.15. The number of nitrogens with one attached hydrogen (secondary N) is 1. The smallest absolute Gasteiger partial charge is 0.249 e. The molecule has 6 nitrogen and oxygen atoms in total. The van der Waals surface area contributed by atoms with Crippen molar-refractivity contribution in [2.24, 2.45) is 0 Å². The molecule has 9 heteroatoms. The fraction of sp³-hybridized carbons (Fsp3) is 0.125. The Labute approximate surface area is 156 Å². The highest BCUT2D eigenvalue weighted by molar-refractivity contribution is 7.98. The van der Waals surface area contributed by atoms with Crippen LogP contribution in [0.2, 0.25) is 5.02 Å². The number of aromatic nitrogens is 5. The van der Waals surface area contributed by atoms with Crippen LogP contribution in [-0.2, 0) is 12.2 Å². The molecule has 4 aromatic rings. The maximum atomic E-state index is 6.15. The minimum absolute atomic E-state index is 0.412. The Morgan fingerprint density at radius 1 is 1.16 bits per heavy atom. The van der Waals surface area contributed by atoms with Crippen molar-refractivity contribution in [1.29, 1.82) is 0 Å². The Hall–Kier alpha value is -2.16. The first-order valence-electron chi connectivity index (χ1n) is 7.41. The normalized spacial score (nSPS) is 11.1. The molecule has 0 spiro atoms. The third-order valence-electron chi connectivity index (χ3n) is 3.33. The zero-order valence-corrected chi connectivity index (χ0v) is 15.2. The zero-order chi connectivity index (χ0) is 17.1. The summed E-state index contributed by atoms with van der Waals surface area (Å²) in [5.74, 6) is 2.25. The minimum atomic E-state index is 0.412.